The molecule has 0 saturated carbocycles. The van der Waals surface area contributed by atoms with Crippen LogP contribution >= 0.6 is 0 Å². The quantitative estimate of drug-likeness (QED) is 0.450. The van der Waals surface area contributed by atoms with Gasteiger partial charge in [0.2, 0.25) is 0 Å². The van der Waals surface area contributed by atoms with Gasteiger partial charge in [-0.1, -0.05) is 38.1 Å². The zero-order valence-corrected chi connectivity index (χ0v) is 17.8. The summed E-state index contributed by atoms with van der Waals surface area (Å²) in [5.41, 5.74) is 5.39. The van der Waals surface area contributed by atoms with Gasteiger partial charge in [0.15, 0.2) is 36.9 Å². The molecule has 28 heavy (non-hydrogen) atoms. The van der Waals surface area contributed by atoms with Crippen molar-refractivity contribution < 1.29 is 9.13 Å². The third-order valence-corrected chi connectivity index (χ3v) is 5.59. The van der Waals surface area contributed by atoms with Gasteiger partial charge in [-0.15, -0.1) is 0 Å². The molecule has 2 unspecified atom stereocenters. The monoisotopic (exact) mass is 374 g/mol. The first kappa shape index (κ1) is 20.3. The van der Waals surface area contributed by atoms with Gasteiger partial charge in [0.05, 0.1) is 0 Å². The van der Waals surface area contributed by atoms with Crippen LogP contribution in [0.2, 0.25) is 0 Å². The Morgan fingerprint density at radius 2 is 0.893 bits per heavy atom. The van der Waals surface area contributed by atoms with Gasteiger partial charge in [0.1, 0.15) is 0 Å². The van der Waals surface area contributed by atoms with Crippen molar-refractivity contribution in [2.45, 2.75) is 65.5 Å². The summed E-state index contributed by atoms with van der Waals surface area (Å²) >= 11 is 0. The van der Waals surface area contributed by atoms with Gasteiger partial charge in [-0.25, -0.2) is 0 Å². The van der Waals surface area contributed by atoms with Crippen molar-refractivity contribution in [2.24, 2.45) is 0 Å². The third kappa shape index (κ3) is 4.86. The SMILES string of the molecule is CCCC(c1ccc(C(CCC)[n+]2ccc(C)cc2)cc1)[n+]1ccc(C)cc1. The van der Waals surface area contributed by atoms with Crippen LogP contribution in [-0.4, -0.2) is 0 Å². The van der Waals surface area contributed by atoms with Gasteiger partial charge in [-0.05, 0) is 37.8 Å². The lowest BCUT2D eigenvalue weighted by molar-refractivity contribution is -0.715. The fraction of sp³-hybridized carbons (Fsp3) is 0.385. The van der Waals surface area contributed by atoms with Crippen molar-refractivity contribution >= 4 is 0 Å². The average Bonchev–Trinajstić information content (AvgIpc) is 2.72. The Balaban J connectivity index is 1.88. The van der Waals surface area contributed by atoms with Crippen molar-refractivity contribution in [2.75, 3.05) is 0 Å². The second kappa shape index (κ2) is 9.64. The first-order valence-corrected chi connectivity index (χ1v) is 10.7. The minimum Gasteiger partial charge on any atom is -0.198 e. The van der Waals surface area contributed by atoms with Crippen molar-refractivity contribution in [3.8, 4) is 0 Å². The molecule has 0 spiro atoms. The summed E-state index contributed by atoms with van der Waals surface area (Å²) in [4.78, 5) is 0. The van der Waals surface area contributed by atoms with E-state index in [4.69, 9.17) is 0 Å². The molecule has 2 aromatic heterocycles. The number of aromatic nitrogens is 2. The molecule has 0 aliphatic carbocycles. The van der Waals surface area contributed by atoms with E-state index < -0.39 is 0 Å². The Labute approximate surface area is 170 Å². The van der Waals surface area contributed by atoms with Gasteiger partial charge in [0, 0.05) is 48.2 Å². The van der Waals surface area contributed by atoms with Gasteiger partial charge in [-0.2, -0.15) is 9.13 Å². The van der Waals surface area contributed by atoms with Crippen molar-refractivity contribution in [3.05, 3.63) is 95.6 Å². The molecule has 2 atom stereocenters. The lowest BCUT2D eigenvalue weighted by Gasteiger charge is -2.15. The van der Waals surface area contributed by atoms with Crippen molar-refractivity contribution in [1.82, 2.24) is 0 Å². The number of hydrogen-bond acceptors (Lipinski definition) is 0. The first-order valence-electron chi connectivity index (χ1n) is 10.7. The predicted octanol–water partition coefficient (Wildman–Crippen LogP) is 5.66. The van der Waals surface area contributed by atoms with Crippen LogP contribution in [0, 0.1) is 13.8 Å². The smallest absolute Gasteiger partial charge is 0.183 e. The standard InChI is InChI=1S/C26H34N2/c1-5-7-25(27-17-13-21(3)14-18-27)23-9-11-24(12-10-23)26(8-6-2)28-19-15-22(4)16-20-28/h9-20,25-26H,5-8H2,1-4H3/q+2. The van der Waals surface area contributed by atoms with Crippen LogP contribution in [0.4, 0.5) is 0 Å². The molecule has 146 valence electrons. The van der Waals surface area contributed by atoms with E-state index in [-0.39, 0.29) is 0 Å². The Hall–Kier alpha value is -2.48. The van der Waals surface area contributed by atoms with Crippen LogP contribution in [0.3, 0.4) is 0 Å². The number of rotatable bonds is 8. The number of benzene rings is 1. The third-order valence-electron chi connectivity index (χ3n) is 5.59. The lowest BCUT2D eigenvalue weighted by Crippen LogP contribution is -2.40. The zero-order valence-electron chi connectivity index (χ0n) is 17.8. The van der Waals surface area contributed by atoms with Crippen LogP contribution in [0.5, 0.6) is 0 Å². The predicted molar refractivity (Wildman–Crippen MR) is 115 cm³/mol. The highest BCUT2D eigenvalue weighted by Gasteiger charge is 2.23. The Bertz CT molecular complexity index is 774. The lowest BCUT2D eigenvalue weighted by atomic mass is 9.96. The Morgan fingerprint density at radius 3 is 1.18 bits per heavy atom. The minimum atomic E-state index is 0.399. The minimum absolute atomic E-state index is 0.399. The molecule has 3 rings (SSSR count). The molecule has 2 heterocycles. The van der Waals surface area contributed by atoms with E-state index in [0.717, 1.165) is 12.8 Å². The summed E-state index contributed by atoms with van der Waals surface area (Å²) in [6.07, 6.45) is 13.5. The molecule has 0 saturated heterocycles. The molecule has 1 aromatic carbocycles. The van der Waals surface area contributed by atoms with E-state index in [2.05, 4.69) is 110 Å². The first-order chi connectivity index (χ1) is 13.6. The molecule has 0 aliphatic rings. The van der Waals surface area contributed by atoms with Crippen LogP contribution in [0.25, 0.3) is 0 Å². The van der Waals surface area contributed by atoms with Crippen LogP contribution in [0.15, 0.2) is 73.3 Å². The molecule has 0 N–H and O–H groups in total. The molecule has 2 nitrogen and oxygen atoms in total. The maximum absolute atomic E-state index is 2.35. The molecule has 3 aromatic rings. The normalized spacial score (nSPS) is 13.3. The fourth-order valence-electron chi connectivity index (χ4n) is 3.90. The van der Waals surface area contributed by atoms with Crippen LogP contribution < -0.4 is 9.13 Å². The summed E-state index contributed by atoms with van der Waals surface area (Å²) in [7, 11) is 0. The summed E-state index contributed by atoms with van der Waals surface area (Å²) in [5, 5.41) is 0. The Kier molecular flexibility index (Phi) is 6.97. The number of pyridine rings is 2. The molecule has 0 bridgehead atoms. The topological polar surface area (TPSA) is 7.76 Å². The fourth-order valence-corrected chi connectivity index (χ4v) is 3.90. The maximum atomic E-state index is 2.35. The van der Waals surface area contributed by atoms with Gasteiger partial charge in [-0.3, -0.25) is 0 Å². The molecule has 0 fully saturated rings. The van der Waals surface area contributed by atoms with Crippen molar-refractivity contribution in [1.29, 1.82) is 0 Å². The molecular weight excluding hydrogens is 340 g/mol. The number of nitrogens with zero attached hydrogens (tertiary/aromatic N) is 2. The van der Waals surface area contributed by atoms with E-state index in [1.807, 2.05) is 0 Å². The molecule has 2 heteroatoms. The van der Waals surface area contributed by atoms with E-state index in [1.165, 1.54) is 35.1 Å². The highest BCUT2D eigenvalue weighted by Crippen LogP contribution is 2.23. The summed E-state index contributed by atoms with van der Waals surface area (Å²) in [6.45, 7) is 8.82. The highest BCUT2D eigenvalue weighted by molar-refractivity contribution is 5.26. The van der Waals surface area contributed by atoms with Gasteiger partial charge in [0.25, 0.3) is 0 Å². The van der Waals surface area contributed by atoms with Crippen molar-refractivity contribution in [3.63, 3.8) is 0 Å². The molecule has 0 amide bonds. The molecular formula is C26H34N2+2. The zero-order chi connectivity index (χ0) is 19.9. The second-order valence-corrected chi connectivity index (χ2v) is 7.92. The van der Waals surface area contributed by atoms with E-state index in [0.29, 0.717) is 12.1 Å². The van der Waals surface area contributed by atoms with Crippen LogP contribution in [0.1, 0.15) is 73.9 Å². The van der Waals surface area contributed by atoms with E-state index in [9.17, 15) is 0 Å². The largest absolute Gasteiger partial charge is 0.198 e. The summed E-state index contributed by atoms with van der Waals surface area (Å²) in [6, 6.07) is 18.9. The molecule has 0 radical (unpaired) electrons. The van der Waals surface area contributed by atoms with Crippen LogP contribution in [-0.2, 0) is 0 Å². The Morgan fingerprint density at radius 1 is 0.571 bits per heavy atom. The van der Waals surface area contributed by atoms with Gasteiger partial charge < -0.3 is 0 Å². The number of aryl methyl sites for hydroxylation is 2. The number of hydrogen-bond donors (Lipinski definition) is 0. The maximum Gasteiger partial charge on any atom is 0.183 e. The highest BCUT2D eigenvalue weighted by atomic mass is 15.0. The van der Waals surface area contributed by atoms with Gasteiger partial charge >= 0.3 is 0 Å². The summed E-state index contributed by atoms with van der Waals surface area (Å²) in [5.74, 6) is 0. The average molecular weight is 375 g/mol. The molecule has 0 aliphatic heterocycles. The van der Waals surface area contributed by atoms with E-state index >= 15 is 0 Å². The van der Waals surface area contributed by atoms with E-state index in [1.54, 1.807) is 0 Å². The summed E-state index contributed by atoms with van der Waals surface area (Å²) < 4.78 is 4.70. The second-order valence-electron chi connectivity index (χ2n) is 7.92.